The minimum atomic E-state index is -0.172. The SMILES string of the molecule is COc1ccccc1NC(=O)CNc1ccccc1Cl. The Hall–Kier alpha value is -2.20. The number of rotatable bonds is 5. The summed E-state index contributed by atoms with van der Waals surface area (Å²) in [6.07, 6.45) is 0. The van der Waals surface area contributed by atoms with Gasteiger partial charge < -0.3 is 15.4 Å². The summed E-state index contributed by atoms with van der Waals surface area (Å²) in [6, 6.07) is 14.5. The van der Waals surface area contributed by atoms with Gasteiger partial charge in [0.05, 0.1) is 30.1 Å². The van der Waals surface area contributed by atoms with E-state index < -0.39 is 0 Å². The Morgan fingerprint density at radius 1 is 1.10 bits per heavy atom. The molecule has 104 valence electrons. The number of halogens is 1. The number of nitrogens with one attached hydrogen (secondary N) is 2. The molecule has 0 atom stereocenters. The fourth-order valence-electron chi connectivity index (χ4n) is 1.72. The number of benzene rings is 2. The van der Waals surface area contributed by atoms with E-state index in [4.69, 9.17) is 16.3 Å². The van der Waals surface area contributed by atoms with Crippen LogP contribution in [0.3, 0.4) is 0 Å². The Morgan fingerprint density at radius 3 is 2.45 bits per heavy atom. The van der Waals surface area contributed by atoms with Crippen LogP contribution >= 0.6 is 11.6 Å². The summed E-state index contributed by atoms with van der Waals surface area (Å²) in [6.45, 7) is 0.127. The van der Waals surface area contributed by atoms with Gasteiger partial charge in [0.1, 0.15) is 5.75 Å². The second-order valence-corrected chi connectivity index (χ2v) is 4.49. The number of para-hydroxylation sites is 3. The van der Waals surface area contributed by atoms with Gasteiger partial charge in [-0.15, -0.1) is 0 Å². The Balaban J connectivity index is 1.95. The molecule has 0 radical (unpaired) electrons. The van der Waals surface area contributed by atoms with E-state index in [9.17, 15) is 4.79 Å². The van der Waals surface area contributed by atoms with Crippen molar-refractivity contribution in [1.82, 2.24) is 0 Å². The van der Waals surface area contributed by atoms with E-state index in [0.717, 1.165) is 5.69 Å². The number of ether oxygens (including phenoxy) is 1. The lowest BCUT2D eigenvalue weighted by atomic mass is 10.3. The topological polar surface area (TPSA) is 50.4 Å². The molecule has 0 aliphatic carbocycles. The monoisotopic (exact) mass is 290 g/mol. The van der Waals surface area contributed by atoms with E-state index >= 15 is 0 Å². The highest BCUT2D eigenvalue weighted by Gasteiger charge is 2.07. The van der Waals surface area contributed by atoms with Crippen LogP contribution in [0.4, 0.5) is 11.4 Å². The van der Waals surface area contributed by atoms with Gasteiger partial charge >= 0.3 is 0 Å². The molecule has 4 nitrogen and oxygen atoms in total. The van der Waals surface area contributed by atoms with Crippen LogP contribution in [0.25, 0.3) is 0 Å². The third-order valence-electron chi connectivity index (χ3n) is 2.69. The highest BCUT2D eigenvalue weighted by atomic mass is 35.5. The molecule has 2 N–H and O–H groups in total. The first-order chi connectivity index (χ1) is 9.70. The summed E-state index contributed by atoms with van der Waals surface area (Å²) in [5.74, 6) is 0.452. The van der Waals surface area contributed by atoms with Crippen LogP contribution in [0.5, 0.6) is 5.75 Å². The van der Waals surface area contributed by atoms with Crippen molar-refractivity contribution in [3.05, 3.63) is 53.6 Å². The summed E-state index contributed by atoms with van der Waals surface area (Å²) >= 11 is 6.00. The van der Waals surface area contributed by atoms with E-state index in [1.165, 1.54) is 0 Å². The van der Waals surface area contributed by atoms with Crippen LogP contribution in [0.15, 0.2) is 48.5 Å². The smallest absolute Gasteiger partial charge is 0.243 e. The molecule has 0 saturated carbocycles. The molecule has 0 aromatic heterocycles. The largest absolute Gasteiger partial charge is 0.495 e. The predicted octanol–water partition coefficient (Wildman–Crippen LogP) is 3.40. The molecule has 0 unspecified atom stereocenters. The van der Waals surface area contributed by atoms with Gasteiger partial charge in [-0.1, -0.05) is 35.9 Å². The van der Waals surface area contributed by atoms with Gasteiger partial charge in [0.15, 0.2) is 0 Å². The highest BCUT2D eigenvalue weighted by Crippen LogP contribution is 2.23. The number of carbonyl (C=O) groups is 1. The zero-order valence-electron chi connectivity index (χ0n) is 11.0. The maximum absolute atomic E-state index is 11.9. The predicted molar refractivity (Wildman–Crippen MR) is 81.6 cm³/mol. The van der Waals surface area contributed by atoms with E-state index in [-0.39, 0.29) is 12.5 Å². The van der Waals surface area contributed by atoms with Gasteiger partial charge in [-0.05, 0) is 24.3 Å². The molecular weight excluding hydrogens is 276 g/mol. The fraction of sp³-hybridized carbons (Fsp3) is 0.133. The molecule has 0 aliphatic rings. The van der Waals surface area contributed by atoms with Gasteiger partial charge in [-0.25, -0.2) is 0 Å². The molecular formula is C15H15ClN2O2. The van der Waals surface area contributed by atoms with E-state index in [2.05, 4.69) is 10.6 Å². The van der Waals surface area contributed by atoms with Crippen molar-refractivity contribution in [3.8, 4) is 5.75 Å². The van der Waals surface area contributed by atoms with Gasteiger partial charge in [0, 0.05) is 0 Å². The first kappa shape index (κ1) is 14.2. The van der Waals surface area contributed by atoms with Gasteiger partial charge in [0.2, 0.25) is 5.91 Å². The minimum Gasteiger partial charge on any atom is -0.495 e. The average molecular weight is 291 g/mol. The fourth-order valence-corrected chi connectivity index (χ4v) is 1.92. The number of methoxy groups -OCH3 is 1. The lowest BCUT2D eigenvalue weighted by Gasteiger charge is -2.11. The number of hydrogen-bond acceptors (Lipinski definition) is 3. The Bertz CT molecular complexity index is 602. The molecule has 5 heteroatoms. The molecule has 0 fully saturated rings. The van der Waals surface area contributed by atoms with E-state index in [0.29, 0.717) is 16.5 Å². The number of carbonyl (C=O) groups excluding carboxylic acids is 1. The first-order valence-electron chi connectivity index (χ1n) is 6.12. The van der Waals surface area contributed by atoms with Gasteiger partial charge in [0.25, 0.3) is 0 Å². The zero-order valence-corrected chi connectivity index (χ0v) is 11.8. The van der Waals surface area contributed by atoms with Crippen LogP contribution in [0.2, 0.25) is 5.02 Å². The minimum absolute atomic E-state index is 0.127. The number of anilines is 2. The molecule has 0 aliphatic heterocycles. The number of hydrogen-bond donors (Lipinski definition) is 2. The Morgan fingerprint density at radius 2 is 1.75 bits per heavy atom. The van der Waals surface area contributed by atoms with Crippen molar-refractivity contribution in [2.75, 3.05) is 24.3 Å². The maximum atomic E-state index is 11.9. The summed E-state index contributed by atoms with van der Waals surface area (Å²) in [4.78, 5) is 11.9. The van der Waals surface area contributed by atoms with Crippen LogP contribution in [0.1, 0.15) is 0 Å². The lowest BCUT2D eigenvalue weighted by molar-refractivity contribution is -0.114. The molecule has 2 aromatic rings. The molecule has 0 heterocycles. The highest BCUT2D eigenvalue weighted by molar-refractivity contribution is 6.33. The Kier molecular flexibility index (Phi) is 4.85. The van der Waals surface area contributed by atoms with Crippen LogP contribution in [-0.4, -0.2) is 19.6 Å². The van der Waals surface area contributed by atoms with E-state index in [1.807, 2.05) is 30.3 Å². The molecule has 0 spiro atoms. The second kappa shape index (κ2) is 6.82. The quantitative estimate of drug-likeness (QED) is 0.887. The summed E-state index contributed by atoms with van der Waals surface area (Å²) in [7, 11) is 1.56. The standard InChI is InChI=1S/C15H15ClN2O2/c1-20-14-9-5-4-8-13(14)18-15(19)10-17-12-7-3-2-6-11(12)16/h2-9,17H,10H2,1H3,(H,18,19). The second-order valence-electron chi connectivity index (χ2n) is 4.08. The van der Waals surface area contributed by atoms with Crippen LogP contribution in [0, 0.1) is 0 Å². The molecule has 20 heavy (non-hydrogen) atoms. The third-order valence-corrected chi connectivity index (χ3v) is 3.02. The normalized spacial score (nSPS) is 9.90. The lowest BCUT2D eigenvalue weighted by Crippen LogP contribution is -2.22. The molecule has 2 aromatic carbocycles. The van der Waals surface area contributed by atoms with Gasteiger partial charge in [-0.2, -0.15) is 0 Å². The summed E-state index contributed by atoms with van der Waals surface area (Å²) < 4.78 is 5.17. The molecule has 0 bridgehead atoms. The van der Waals surface area contributed by atoms with Crippen molar-refractivity contribution < 1.29 is 9.53 Å². The molecule has 0 saturated heterocycles. The average Bonchev–Trinajstić information content (AvgIpc) is 2.47. The first-order valence-corrected chi connectivity index (χ1v) is 6.50. The molecule has 1 amide bonds. The van der Waals surface area contributed by atoms with Crippen molar-refractivity contribution in [1.29, 1.82) is 0 Å². The van der Waals surface area contributed by atoms with Crippen molar-refractivity contribution in [2.45, 2.75) is 0 Å². The van der Waals surface area contributed by atoms with Gasteiger partial charge in [-0.3, -0.25) is 4.79 Å². The Labute approximate surface area is 122 Å². The van der Waals surface area contributed by atoms with Crippen molar-refractivity contribution in [2.24, 2.45) is 0 Å². The number of amides is 1. The van der Waals surface area contributed by atoms with Crippen LogP contribution < -0.4 is 15.4 Å². The maximum Gasteiger partial charge on any atom is 0.243 e. The van der Waals surface area contributed by atoms with Crippen molar-refractivity contribution in [3.63, 3.8) is 0 Å². The third kappa shape index (κ3) is 3.65. The van der Waals surface area contributed by atoms with Crippen LogP contribution in [-0.2, 0) is 4.79 Å². The van der Waals surface area contributed by atoms with Crippen molar-refractivity contribution >= 4 is 28.9 Å². The van der Waals surface area contributed by atoms with E-state index in [1.54, 1.807) is 25.3 Å². The molecule has 2 rings (SSSR count). The summed E-state index contributed by atoms with van der Waals surface area (Å²) in [5, 5.41) is 6.35. The zero-order chi connectivity index (χ0) is 14.4. The summed E-state index contributed by atoms with van der Waals surface area (Å²) in [5.41, 5.74) is 1.37.